The van der Waals surface area contributed by atoms with Gasteiger partial charge in [-0.1, -0.05) is 19.9 Å². The van der Waals surface area contributed by atoms with Crippen molar-refractivity contribution in [3.63, 3.8) is 0 Å². The molecule has 1 aromatic rings. The van der Waals surface area contributed by atoms with Crippen LogP contribution in [-0.4, -0.2) is 26.4 Å². The lowest BCUT2D eigenvalue weighted by Gasteiger charge is -2.15. The molecule has 1 aromatic carbocycles. The van der Waals surface area contributed by atoms with Gasteiger partial charge in [-0.3, -0.25) is 4.79 Å². The van der Waals surface area contributed by atoms with Crippen molar-refractivity contribution in [2.75, 3.05) is 5.32 Å². The third kappa shape index (κ3) is 4.26. The maximum atomic E-state index is 12.1. The number of rotatable bonds is 6. The molecular weight excluding hydrogens is 290 g/mol. The molecule has 1 amide bonds. The van der Waals surface area contributed by atoms with E-state index in [0.717, 1.165) is 12.8 Å². The van der Waals surface area contributed by atoms with Gasteiger partial charge in [-0.15, -0.1) is 0 Å². The molecule has 6 nitrogen and oxygen atoms in total. The number of anilines is 1. The van der Waals surface area contributed by atoms with E-state index in [0.29, 0.717) is 5.69 Å². The number of sulfonamides is 1. The Morgan fingerprint density at radius 3 is 2.57 bits per heavy atom. The van der Waals surface area contributed by atoms with Crippen molar-refractivity contribution in [1.29, 1.82) is 0 Å². The second-order valence-corrected chi connectivity index (χ2v) is 7.40. The van der Waals surface area contributed by atoms with Crippen LogP contribution in [0.1, 0.15) is 26.7 Å². The molecule has 0 bridgehead atoms. The molecule has 116 valence electrons. The van der Waals surface area contributed by atoms with Crippen LogP contribution in [0.25, 0.3) is 0 Å². The van der Waals surface area contributed by atoms with Crippen LogP contribution in [0.15, 0.2) is 29.2 Å². The summed E-state index contributed by atoms with van der Waals surface area (Å²) in [6.07, 6.45) is 1.75. The Bertz CT molecular complexity index is 624. The lowest BCUT2D eigenvalue weighted by molar-refractivity contribution is -0.118. The predicted molar refractivity (Wildman–Crippen MR) is 81.2 cm³/mol. The molecule has 1 aliphatic rings. The Morgan fingerprint density at radius 1 is 1.33 bits per heavy atom. The van der Waals surface area contributed by atoms with Crippen LogP contribution in [0.5, 0.6) is 0 Å². The summed E-state index contributed by atoms with van der Waals surface area (Å²) in [7, 11) is -3.52. The standard InChI is InChI=1S/C14H21N3O3S/c1-9(2)13(15)14(18)16-11-4-3-5-12(8-11)21(19,20)17-10-6-7-10/h3-5,8-10,13,17H,6-7,15H2,1-2H3,(H,16,18)/t13-/m1/s1. The van der Waals surface area contributed by atoms with Crippen molar-refractivity contribution in [3.05, 3.63) is 24.3 Å². The van der Waals surface area contributed by atoms with Gasteiger partial charge in [0.05, 0.1) is 10.9 Å². The fourth-order valence-electron chi connectivity index (χ4n) is 1.76. The minimum Gasteiger partial charge on any atom is -0.325 e. The first-order valence-corrected chi connectivity index (χ1v) is 8.47. The Kier molecular flexibility index (Phi) is 4.65. The summed E-state index contributed by atoms with van der Waals surface area (Å²) in [5.74, 6) is -0.317. The fourth-order valence-corrected chi connectivity index (χ4v) is 3.11. The monoisotopic (exact) mass is 311 g/mol. The average molecular weight is 311 g/mol. The largest absolute Gasteiger partial charge is 0.325 e. The molecule has 0 heterocycles. The van der Waals surface area contributed by atoms with Crippen LogP contribution in [0.2, 0.25) is 0 Å². The zero-order chi connectivity index (χ0) is 15.6. The van der Waals surface area contributed by atoms with Crippen LogP contribution in [0, 0.1) is 5.92 Å². The molecular formula is C14H21N3O3S. The van der Waals surface area contributed by atoms with Gasteiger partial charge >= 0.3 is 0 Å². The highest BCUT2D eigenvalue weighted by Gasteiger charge is 2.28. The first kappa shape index (κ1) is 15.9. The molecule has 0 aromatic heterocycles. The highest BCUT2D eigenvalue weighted by atomic mass is 32.2. The third-order valence-electron chi connectivity index (χ3n) is 3.33. The number of carbonyl (C=O) groups is 1. The maximum absolute atomic E-state index is 12.1. The predicted octanol–water partition coefficient (Wildman–Crippen LogP) is 1.05. The van der Waals surface area contributed by atoms with E-state index in [1.165, 1.54) is 12.1 Å². The minimum absolute atomic E-state index is 0.00782. The summed E-state index contributed by atoms with van der Waals surface area (Å²) in [5.41, 5.74) is 6.19. The topological polar surface area (TPSA) is 101 Å². The molecule has 1 aliphatic carbocycles. The molecule has 0 aliphatic heterocycles. The van der Waals surface area contributed by atoms with E-state index in [1.54, 1.807) is 12.1 Å². The van der Waals surface area contributed by atoms with E-state index in [9.17, 15) is 13.2 Å². The van der Waals surface area contributed by atoms with Crippen molar-refractivity contribution < 1.29 is 13.2 Å². The quantitative estimate of drug-likeness (QED) is 0.731. The lowest BCUT2D eigenvalue weighted by atomic mass is 10.1. The third-order valence-corrected chi connectivity index (χ3v) is 4.85. The minimum atomic E-state index is -3.52. The number of hydrogen-bond acceptors (Lipinski definition) is 4. The van der Waals surface area contributed by atoms with Crippen LogP contribution in [0.3, 0.4) is 0 Å². The second kappa shape index (κ2) is 6.13. The number of carbonyl (C=O) groups excluding carboxylic acids is 1. The van der Waals surface area contributed by atoms with Crippen LogP contribution >= 0.6 is 0 Å². The van der Waals surface area contributed by atoms with Gasteiger partial charge in [0.25, 0.3) is 0 Å². The molecule has 0 spiro atoms. The van der Waals surface area contributed by atoms with Crippen LogP contribution in [-0.2, 0) is 14.8 Å². The highest BCUT2D eigenvalue weighted by Crippen LogP contribution is 2.23. The van der Waals surface area contributed by atoms with Crippen molar-refractivity contribution in [2.24, 2.45) is 11.7 Å². The van der Waals surface area contributed by atoms with E-state index < -0.39 is 16.1 Å². The summed E-state index contributed by atoms with van der Waals surface area (Å²) in [5, 5.41) is 2.65. The van der Waals surface area contributed by atoms with E-state index in [2.05, 4.69) is 10.0 Å². The summed E-state index contributed by atoms with van der Waals surface area (Å²) in [4.78, 5) is 12.0. The summed E-state index contributed by atoms with van der Waals surface area (Å²) >= 11 is 0. The lowest BCUT2D eigenvalue weighted by Crippen LogP contribution is -2.39. The van der Waals surface area contributed by atoms with Gasteiger partial charge in [-0.05, 0) is 37.0 Å². The van der Waals surface area contributed by atoms with E-state index >= 15 is 0 Å². The average Bonchev–Trinajstić information content (AvgIpc) is 3.21. The second-order valence-electron chi connectivity index (χ2n) is 5.68. The number of benzene rings is 1. The number of nitrogens with one attached hydrogen (secondary N) is 2. The van der Waals surface area contributed by atoms with Crippen LogP contribution in [0.4, 0.5) is 5.69 Å². The number of nitrogens with two attached hydrogens (primary N) is 1. The summed E-state index contributed by atoms with van der Waals surface area (Å²) < 4.78 is 26.8. The SMILES string of the molecule is CC(C)[C@@H](N)C(=O)Nc1cccc(S(=O)(=O)NC2CC2)c1. The maximum Gasteiger partial charge on any atom is 0.241 e. The first-order chi connectivity index (χ1) is 9.79. The number of amides is 1. The molecule has 1 atom stereocenters. The Balaban J connectivity index is 2.12. The zero-order valence-electron chi connectivity index (χ0n) is 12.2. The zero-order valence-corrected chi connectivity index (χ0v) is 13.0. The molecule has 0 saturated heterocycles. The molecule has 1 fully saturated rings. The van der Waals surface area contributed by atoms with Crippen molar-refractivity contribution in [1.82, 2.24) is 4.72 Å². The molecule has 21 heavy (non-hydrogen) atoms. The molecule has 7 heteroatoms. The molecule has 0 unspecified atom stereocenters. The normalized spacial score (nSPS) is 16.8. The Morgan fingerprint density at radius 2 is 2.00 bits per heavy atom. The van der Waals surface area contributed by atoms with Crippen LogP contribution < -0.4 is 15.8 Å². The van der Waals surface area contributed by atoms with Gasteiger partial charge in [0, 0.05) is 11.7 Å². The van der Waals surface area contributed by atoms with Crippen molar-refractivity contribution >= 4 is 21.6 Å². The van der Waals surface area contributed by atoms with E-state index in [1.807, 2.05) is 13.8 Å². The van der Waals surface area contributed by atoms with Gasteiger partial charge in [0.15, 0.2) is 0 Å². The van der Waals surface area contributed by atoms with Crippen molar-refractivity contribution in [3.8, 4) is 0 Å². The van der Waals surface area contributed by atoms with E-state index in [4.69, 9.17) is 5.73 Å². The van der Waals surface area contributed by atoms with Gasteiger partial charge in [-0.25, -0.2) is 13.1 Å². The fraction of sp³-hybridized carbons (Fsp3) is 0.500. The summed E-state index contributed by atoms with van der Waals surface area (Å²) in [6, 6.07) is 5.59. The van der Waals surface area contributed by atoms with Gasteiger partial charge in [0.2, 0.25) is 15.9 Å². The Hall–Kier alpha value is -1.44. The summed E-state index contributed by atoms with van der Waals surface area (Å²) in [6.45, 7) is 3.70. The van der Waals surface area contributed by atoms with Gasteiger partial charge in [-0.2, -0.15) is 0 Å². The molecule has 1 saturated carbocycles. The smallest absolute Gasteiger partial charge is 0.241 e. The Labute approximate surface area is 125 Å². The first-order valence-electron chi connectivity index (χ1n) is 6.98. The van der Waals surface area contributed by atoms with Gasteiger partial charge in [0.1, 0.15) is 0 Å². The number of hydrogen-bond donors (Lipinski definition) is 3. The highest BCUT2D eigenvalue weighted by molar-refractivity contribution is 7.89. The molecule has 2 rings (SSSR count). The van der Waals surface area contributed by atoms with Gasteiger partial charge < -0.3 is 11.1 Å². The molecule has 0 radical (unpaired) electrons. The molecule has 4 N–H and O–H groups in total. The van der Waals surface area contributed by atoms with E-state index in [-0.39, 0.29) is 22.8 Å². The van der Waals surface area contributed by atoms with Crippen molar-refractivity contribution in [2.45, 2.75) is 43.7 Å².